The van der Waals surface area contributed by atoms with Crippen LogP contribution in [0.4, 0.5) is 18.9 Å². The van der Waals surface area contributed by atoms with Crippen molar-refractivity contribution in [3.05, 3.63) is 98.4 Å². The molecule has 0 saturated carbocycles. The van der Waals surface area contributed by atoms with Gasteiger partial charge in [-0.15, -0.1) is 0 Å². The van der Waals surface area contributed by atoms with Crippen LogP contribution in [0.25, 0.3) is 0 Å². The lowest BCUT2D eigenvalue weighted by Crippen LogP contribution is -2.32. The van der Waals surface area contributed by atoms with Gasteiger partial charge in [0.05, 0.1) is 16.3 Å². The van der Waals surface area contributed by atoms with Crippen molar-refractivity contribution in [2.45, 2.75) is 19.7 Å². The third kappa shape index (κ3) is 5.01. The van der Waals surface area contributed by atoms with Gasteiger partial charge in [0.15, 0.2) is 0 Å². The van der Waals surface area contributed by atoms with E-state index in [2.05, 4.69) is 5.32 Å². The second-order valence-corrected chi connectivity index (χ2v) is 6.87. The van der Waals surface area contributed by atoms with E-state index in [1.54, 1.807) is 0 Å². The average molecular weight is 437 g/mol. The lowest BCUT2D eigenvalue weighted by molar-refractivity contribution is -0.137. The quantitative estimate of drug-likeness (QED) is 0.630. The first-order valence-electron chi connectivity index (χ1n) is 8.74. The van der Waals surface area contributed by atoms with Crippen LogP contribution in [-0.2, 0) is 12.8 Å². The number of aromatic nitrogens is 1. The summed E-state index contributed by atoms with van der Waals surface area (Å²) >= 11 is 5.89. The molecule has 2 aromatic carbocycles. The fourth-order valence-electron chi connectivity index (χ4n) is 2.68. The first-order chi connectivity index (χ1) is 14.1. The van der Waals surface area contributed by atoms with Gasteiger partial charge in [-0.05, 0) is 42.8 Å². The zero-order chi connectivity index (χ0) is 21.9. The topological polar surface area (TPSA) is 60.3 Å². The summed E-state index contributed by atoms with van der Waals surface area (Å²) in [6.45, 7) is 2.01. The van der Waals surface area contributed by atoms with E-state index in [9.17, 15) is 22.8 Å². The van der Waals surface area contributed by atoms with Gasteiger partial charge in [-0.25, -0.2) is 0 Å². The number of benzene rings is 2. The van der Waals surface area contributed by atoms with Crippen LogP contribution in [0.3, 0.4) is 0 Å². The van der Waals surface area contributed by atoms with Crippen molar-refractivity contribution < 1.29 is 22.8 Å². The van der Waals surface area contributed by atoms with Crippen molar-refractivity contribution in [1.82, 2.24) is 4.73 Å². The lowest BCUT2D eigenvalue weighted by atomic mass is 10.1. The van der Waals surface area contributed by atoms with Crippen LogP contribution >= 0.6 is 11.6 Å². The Bertz CT molecular complexity index is 1140. The van der Waals surface area contributed by atoms with E-state index in [0.717, 1.165) is 28.0 Å². The number of amides is 1. The summed E-state index contributed by atoms with van der Waals surface area (Å²) in [7, 11) is 0. The Morgan fingerprint density at radius 3 is 2.60 bits per heavy atom. The van der Waals surface area contributed by atoms with Crippen molar-refractivity contribution in [2.75, 3.05) is 5.32 Å². The molecular weight excluding hydrogens is 421 g/mol. The van der Waals surface area contributed by atoms with Gasteiger partial charge in [0.1, 0.15) is 12.2 Å². The number of alkyl halides is 3. The maximum absolute atomic E-state index is 12.9. The highest BCUT2D eigenvalue weighted by atomic mass is 35.5. The number of aryl methyl sites for hydroxylation is 1. The number of carbonyl (C=O) groups is 1. The van der Waals surface area contributed by atoms with E-state index in [0.29, 0.717) is 6.07 Å². The van der Waals surface area contributed by atoms with Crippen LogP contribution in [0.5, 0.6) is 0 Å². The highest BCUT2D eigenvalue weighted by molar-refractivity contribution is 6.34. The summed E-state index contributed by atoms with van der Waals surface area (Å²) < 4.78 is 39.6. The Balaban J connectivity index is 1.80. The second-order valence-electron chi connectivity index (χ2n) is 6.46. The molecule has 1 heterocycles. The predicted molar refractivity (Wildman–Crippen MR) is 107 cm³/mol. The van der Waals surface area contributed by atoms with E-state index in [-0.39, 0.29) is 22.9 Å². The van der Waals surface area contributed by atoms with Crippen LogP contribution in [0.2, 0.25) is 5.02 Å². The largest absolute Gasteiger partial charge is 0.416 e. The predicted octanol–water partition coefficient (Wildman–Crippen LogP) is 4.71. The molecule has 1 amide bonds. The number of hydrogen-bond donors (Lipinski definition) is 1. The van der Waals surface area contributed by atoms with Crippen LogP contribution in [0.1, 0.15) is 27.0 Å². The highest BCUT2D eigenvalue weighted by Crippen LogP contribution is 2.33. The van der Waals surface area contributed by atoms with Crippen molar-refractivity contribution in [1.29, 1.82) is 0 Å². The summed E-state index contributed by atoms with van der Waals surface area (Å²) in [4.78, 5) is 30.5. The molecule has 0 aliphatic rings. The number of rotatable bonds is 5. The molecule has 0 aliphatic heterocycles. The Morgan fingerprint density at radius 1 is 1.13 bits per heavy atom. The first kappa shape index (κ1) is 21.4. The molecule has 3 aromatic rings. The third-order valence-electron chi connectivity index (χ3n) is 4.15. The number of halogens is 4. The van der Waals surface area contributed by atoms with Gasteiger partial charge in [0.2, 0.25) is 0 Å². The van der Waals surface area contributed by atoms with Crippen molar-refractivity contribution in [3.8, 4) is 0 Å². The number of pyridine rings is 1. The van der Waals surface area contributed by atoms with Gasteiger partial charge in [0, 0.05) is 6.20 Å². The lowest BCUT2D eigenvalue weighted by Gasteiger charge is -2.13. The molecule has 0 radical (unpaired) electrons. The van der Waals surface area contributed by atoms with Crippen LogP contribution < -0.4 is 15.7 Å². The van der Waals surface area contributed by atoms with Gasteiger partial charge >= 0.3 is 6.18 Å². The minimum Gasteiger partial charge on any atom is -0.406 e. The van der Waals surface area contributed by atoms with E-state index in [1.807, 2.05) is 31.2 Å². The summed E-state index contributed by atoms with van der Waals surface area (Å²) in [5, 5.41) is 2.15. The third-order valence-corrected chi connectivity index (χ3v) is 4.48. The van der Waals surface area contributed by atoms with Crippen molar-refractivity contribution in [2.24, 2.45) is 0 Å². The van der Waals surface area contributed by atoms with Crippen LogP contribution in [0.15, 0.2) is 65.6 Å². The summed E-state index contributed by atoms with van der Waals surface area (Å²) in [6.07, 6.45) is -3.26. The van der Waals surface area contributed by atoms with Gasteiger partial charge in [0.25, 0.3) is 11.5 Å². The molecule has 156 valence electrons. The zero-order valence-electron chi connectivity index (χ0n) is 15.7. The second kappa shape index (κ2) is 8.62. The molecule has 0 unspecified atom stereocenters. The molecule has 0 spiro atoms. The van der Waals surface area contributed by atoms with Crippen molar-refractivity contribution >= 4 is 23.2 Å². The normalized spacial score (nSPS) is 11.2. The molecule has 0 atom stereocenters. The number of carbonyl (C=O) groups excluding carboxylic acids is 1. The molecule has 1 aromatic heterocycles. The fourth-order valence-corrected chi connectivity index (χ4v) is 2.85. The maximum atomic E-state index is 12.9. The molecular formula is C21H16ClF3N2O3. The maximum Gasteiger partial charge on any atom is 0.416 e. The average Bonchev–Trinajstić information content (AvgIpc) is 2.68. The standard InChI is InChI=1S/C21H16ClF3N2O3/c1-13-4-2-5-14(10-13)12-30-27-9-3-6-16(20(27)29)19(28)26-18-11-15(21(23,24)25)7-8-17(18)22/h2-11H,12H2,1H3,(H,26,28). The summed E-state index contributed by atoms with van der Waals surface area (Å²) in [5.74, 6) is -0.908. The van der Waals surface area contributed by atoms with E-state index >= 15 is 0 Å². The molecule has 30 heavy (non-hydrogen) atoms. The highest BCUT2D eigenvalue weighted by Gasteiger charge is 2.31. The van der Waals surface area contributed by atoms with E-state index in [1.165, 1.54) is 18.3 Å². The smallest absolute Gasteiger partial charge is 0.406 e. The monoisotopic (exact) mass is 436 g/mol. The Hall–Kier alpha value is -3.26. The summed E-state index contributed by atoms with van der Waals surface area (Å²) in [6, 6.07) is 12.7. The Kier molecular flexibility index (Phi) is 6.17. The van der Waals surface area contributed by atoms with E-state index < -0.39 is 23.2 Å². The zero-order valence-corrected chi connectivity index (χ0v) is 16.4. The van der Waals surface area contributed by atoms with Crippen LogP contribution in [0, 0.1) is 6.92 Å². The number of hydrogen-bond acceptors (Lipinski definition) is 3. The fraction of sp³-hybridized carbons (Fsp3) is 0.143. The van der Waals surface area contributed by atoms with Gasteiger partial charge in [-0.3, -0.25) is 9.59 Å². The summed E-state index contributed by atoms with van der Waals surface area (Å²) in [5.41, 5.74) is -0.454. The molecule has 3 rings (SSSR count). The Labute approximate surface area is 174 Å². The first-order valence-corrected chi connectivity index (χ1v) is 9.11. The Morgan fingerprint density at radius 2 is 1.90 bits per heavy atom. The van der Waals surface area contributed by atoms with Crippen LogP contribution in [-0.4, -0.2) is 10.6 Å². The van der Waals surface area contributed by atoms with Gasteiger partial charge in [-0.2, -0.15) is 17.9 Å². The number of nitrogens with zero attached hydrogens (tertiary/aromatic N) is 1. The number of anilines is 1. The minimum atomic E-state index is -4.60. The van der Waals surface area contributed by atoms with Gasteiger partial charge in [-0.1, -0.05) is 41.4 Å². The molecule has 0 bridgehead atoms. The van der Waals surface area contributed by atoms with Gasteiger partial charge < -0.3 is 10.2 Å². The molecule has 9 heteroatoms. The number of nitrogens with one attached hydrogen (secondary N) is 1. The molecule has 0 aliphatic carbocycles. The minimum absolute atomic E-state index is 0.0894. The molecule has 0 fully saturated rings. The molecule has 1 N–H and O–H groups in total. The van der Waals surface area contributed by atoms with E-state index in [4.69, 9.17) is 16.4 Å². The molecule has 0 saturated heterocycles. The SMILES string of the molecule is Cc1cccc(COn2cccc(C(=O)Nc3cc(C(F)(F)F)ccc3Cl)c2=O)c1. The van der Waals surface area contributed by atoms with Crippen molar-refractivity contribution in [3.63, 3.8) is 0 Å². The molecule has 5 nitrogen and oxygen atoms in total.